The van der Waals surface area contributed by atoms with Crippen molar-refractivity contribution in [2.24, 2.45) is 10.7 Å². The first kappa shape index (κ1) is 13.5. The van der Waals surface area contributed by atoms with E-state index in [0.29, 0.717) is 12.5 Å². The number of fused-ring (bicyclic) bond motifs is 1. The number of para-hydroxylation sites is 1. The molecule has 0 bridgehead atoms. The zero-order valence-electron chi connectivity index (χ0n) is 11.8. The summed E-state index contributed by atoms with van der Waals surface area (Å²) in [6.45, 7) is 6.87. The van der Waals surface area contributed by atoms with Gasteiger partial charge in [0.1, 0.15) is 0 Å². The molecule has 0 amide bonds. The Hall–Kier alpha value is -1.97. The van der Waals surface area contributed by atoms with E-state index in [1.54, 1.807) is 0 Å². The molecule has 0 aliphatic carbocycles. The summed E-state index contributed by atoms with van der Waals surface area (Å²) in [5.74, 6) is 0.503. The summed E-state index contributed by atoms with van der Waals surface area (Å²) in [6, 6.07) is 10.4. The Bertz CT molecular complexity index is 542. The molecule has 0 fully saturated rings. The highest BCUT2D eigenvalue weighted by atomic mass is 15.1. The number of benzene rings is 1. The van der Waals surface area contributed by atoms with Crippen molar-refractivity contribution < 1.29 is 0 Å². The van der Waals surface area contributed by atoms with Crippen LogP contribution in [0.5, 0.6) is 0 Å². The van der Waals surface area contributed by atoms with Crippen molar-refractivity contribution in [3.63, 3.8) is 0 Å². The molecule has 102 valence electrons. The Labute approximate surface area is 114 Å². The molecule has 1 heterocycles. The maximum absolute atomic E-state index is 5.83. The van der Waals surface area contributed by atoms with Gasteiger partial charge in [0.05, 0.1) is 0 Å². The molecule has 0 aliphatic heterocycles. The molecule has 0 unspecified atom stereocenters. The van der Waals surface area contributed by atoms with E-state index in [1.807, 2.05) is 12.1 Å². The number of hydrogen-bond donors (Lipinski definition) is 3. The van der Waals surface area contributed by atoms with E-state index >= 15 is 0 Å². The van der Waals surface area contributed by atoms with Crippen molar-refractivity contribution in [3.8, 4) is 0 Å². The van der Waals surface area contributed by atoms with Gasteiger partial charge in [-0.15, -0.1) is 0 Å². The van der Waals surface area contributed by atoms with Gasteiger partial charge in [-0.2, -0.15) is 0 Å². The lowest BCUT2D eigenvalue weighted by atomic mass is 10.1. The Kier molecular flexibility index (Phi) is 3.79. The Balaban J connectivity index is 1.93. The van der Waals surface area contributed by atoms with Crippen LogP contribution >= 0.6 is 0 Å². The van der Waals surface area contributed by atoms with Gasteiger partial charge in [-0.25, -0.2) is 0 Å². The normalized spacial score (nSPS) is 12.9. The first-order valence-corrected chi connectivity index (χ1v) is 6.59. The van der Waals surface area contributed by atoms with E-state index in [2.05, 4.69) is 54.3 Å². The van der Waals surface area contributed by atoms with E-state index in [0.717, 1.165) is 6.42 Å². The largest absolute Gasteiger partial charge is 0.370 e. The Morgan fingerprint density at radius 1 is 1.32 bits per heavy atom. The van der Waals surface area contributed by atoms with Crippen molar-refractivity contribution in [1.29, 1.82) is 0 Å². The summed E-state index contributed by atoms with van der Waals surface area (Å²) < 4.78 is 0. The first-order chi connectivity index (χ1) is 8.94. The van der Waals surface area contributed by atoms with Gasteiger partial charge in [0.25, 0.3) is 0 Å². The molecule has 0 aliphatic rings. The van der Waals surface area contributed by atoms with Crippen LogP contribution in [-0.4, -0.2) is 23.0 Å². The number of nitrogens with zero attached hydrogens (tertiary/aromatic N) is 1. The second-order valence-electron chi connectivity index (χ2n) is 5.77. The molecule has 2 rings (SSSR count). The maximum atomic E-state index is 5.83. The van der Waals surface area contributed by atoms with E-state index in [4.69, 9.17) is 5.73 Å². The predicted molar refractivity (Wildman–Crippen MR) is 81.4 cm³/mol. The molecule has 0 atom stereocenters. The van der Waals surface area contributed by atoms with Gasteiger partial charge in [0.15, 0.2) is 5.96 Å². The van der Waals surface area contributed by atoms with Crippen molar-refractivity contribution in [1.82, 2.24) is 10.3 Å². The number of nitrogens with one attached hydrogen (secondary N) is 2. The molecule has 19 heavy (non-hydrogen) atoms. The first-order valence-electron chi connectivity index (χ1n) is 6.59. The van der Waals surface area contributed by atoms with E-state index in [-0.39, 0.29) is 5.54 Å². The number of H-pyrrole nitrogens is 1. The van der Waals surface area contributed by atoms with Crippen LogP contribution in [0.2, 0.25) is 0 Å². The van der Waals surface area contributed by atoms with Crippen LogP contribution in [0.3, 0.4) is 0 Å². The highest BCUT2D eigenvalue weighted by molar-refractivity contribution is 5.80. The number of hydrogen-bond acceptors (Lipinski definition) is 1. The third kappa shape index (κ3) is 4.02. The molecular weight excluding hydrogens is 236 g/mol. The van der Waals surface area contributed by atoms with Crippen LogP contribution in [0.15, 0.2) is 35.3 Å². The molecule has 0 radical (unpaired) electrons. The standard InChI is InChI=1S/C15H22N4/c1-15(2,3)19-14(16)17-9-8-12-10-11-6-4-5-7-13(11)18-12/h4-7,10,18H,8-9H2,1-3H3,(H3,16,17,19). The molecule has 1 aromatic heterocycles. The van der Waals surface area contributed by atoms with Gasteiger partial charge in [0.2, 0.25) is 0 Å². The van der Waals surface area contributed by atoms with Crippen molar-refractivity contribution in [2.75, 3.05) is 6.54 Å². The zero-order chi connectivity index (χ0) is 13.9. The number of rotatable bonds is 3. The fourth-order valence-electron chi connectivity index (χ4n) is 1.99. The quantitative estimate of drug-likeness (QED) is 0.584. The summed E-state index contributed by atoms with van der Waals surface area (Å²) >= 11 is 0. The molecule has 4 N–H and O–H groups in total. The van der Waals surface area contributed by atoms with Gasteiger partial charge in [-0.05, 0) is 38.3 Å². The molecule has 0 saturated heterocycles. The summed E-state index contributed by atoms with van der Waals surface area (Å²) in [4.78, 5) is 7.73. The van der Waals surface area contributed by atoms with E-state index < -0.39 is 0 Å². The summed E-state index contributed by atoms with van der Waals surface area (Å²) in [7, 11) is 0. The fourth-order valence-corrected chi connectivity index (χ4v) is 1.99. The van der Waals surface area contributed by atoms with Crippen molar-refractivity contribution in [3.05, 3.63) is 36.0 Å². The van der Waals surface area contributed by atoms with Gasteiger partial charge in [0, 0.05) is 29.7 Å². The lowest BCUT2D eigenvalue weighted by molar-refractivity contribution is 0.508. The molecule has 0 spiro atoms. The minimum Gasteiger partial charge on any atom is -0.370 e. The van der Waals surface area contributed by atoms with Crippen LogP contribution in [0, 0.1) is 0 Å². The molecule has 2 aromatic rings. The maximum Gasteiger partial charge on any atom is 0.188 e. The van der Waals surface area contributed by atoms with Crippen LogP contribution in [0.4, 0.5) is 0 Å². The lowest BCUT2D eigenvalue weighted by Crippen LogP contribution is -2.45. The molecule has 1 aromatic carbocycles. The Morgan fingerprint density at radius 3 is 2.74 bits per heavy atom. The second-order valence-corrected chi connectivity index (χ2v) is 5.77. The van der Waals surface area contributed by atoms with Gasteiger partial charge in [-0.1, -0.05) is 18.2 Å². The van der Waals surface area contributed by atoms with Crippen molar-refractivity contribution in [2.45, 2.75) is 32.7 Å². The Morgan fingerprint density at radius 2 is 2.05 bits per heavy atom. The van der Waals surface area contributed by atoms with Gasteiger partial charge >= 0.3 is 0 Å². The average molecular weight is 258 g/mol. The molecule has 4 nitrogen and oxygen atoms in total. The average Bonchev–Trinajstić information content (AvgIpc) is 2.68. The second kappa shape index (κ2) is 5.34. The number of aromatic amines is 1. The molecular formula is C15H22N4. The summed E-state index contributed by atoms with van der Waals surface area (Å²) in [6.07, 6.45) is 0.862. The van der Waals surface area contributed by atoms with Crippen LogP contribution in [0.25, 0.3) is 10.9 Å². The number of nitrogens with two attached hydrogens (primary N) is 1. The minimum absolute atomic E-state index is 0.0469. The van der Waals surface area contributed by atoms with Crippen LogP contribution in [0.1, 0.15) is 26.5 Å². The SMILES string of the molecule is CC(C)(C)NC(N)=NCCc1cc2ccccc2[nH]1. The fraction of sp³-hybridized carbons (Fsp3) is 0.400. The van der Waals surface area contributed by atoms with Gasteiger partial charge in [-0.3, -0.25) is 4.99 Å². The number of aromatic nitrogens is 1. The third-order valence-electron chi connectivity index (χ3n) is 2.75. The predicted octanol–water partition coefficient (Wildman–Crippen LogP) is 2.41. The molecule has 0 saturated carbocycles. The third-order valence-corrected chi connectivity index (χ3v) is 2.75. The number of guanidine groups is 1. The van der Waals surface area contributed by atoms with Crippen molar-refractivity contribution >= 4 is 16.9 Å². The zero-order valence-corrected chi connectivity index (χ0v) is 11.8. The molecule has 4 heteroatoms. The summed E-state index contributed by atoms with van der Waals surface area (Å²) in [5.41, 5.74) is 8.14. The lowest BCUT2D eigenvalue weighted by Gasteiger charge is -2.20. The smallest absolute Gasteiger partial charge is 0.188 e. The topological polar surface area (TPSA) is 66.2 Å². The van der Waals surface area contributed by atoms with E-state index in [9.17, 15) is 0 Å². The van der Waals surface area contributed by atoms with Crippen LogP contribution < -0.4 is 11.1 Å². The van der Waals surface area contributed by atoms with E-state index in [1.165, 1.54) is 16.6 Å². The number of aliphatic imine (C=N–C) groups is 1. The highest BCUT2D eigenvalue weighted by Crippen LogP contribution is 2.14. The van der Waals surface area contributed by atoms with Crippen LogP contribution in [-0.2, 0) is 6.42 Å². The van der Waals surface area contributed by atoms with Gasteiger partial charge < -0.3 is 16.0 Å². The monoisotopic (exact) mass is 258 g/mol. The highest BCUT2D eigenvalue weighted by Gasteiger charge is 2.09. The minimum atomic E-state index is -0.0469. The summed E-state index contributed by atoms with van der Waals surface area (Å²) in [5, 5.41) is 4.39.